The molecule has 0 amide bonds. The molecule has 4 unspecified atom stereocenters. The summed E-state index contributed by atoms with van der Waals surface area (Å²) in [5.74, 6) is 2.41. The van der Waals surface area contributed by atoms with Crippen LogP contribution in [0.2, 0.25) is 0 Å². The number of halogens is 1. The minimum absolute atomic E-state index is 0.503. The van der Waals surface area contributed by atoms with E-state index in [1.54, 1.807) is 5.56 Å². The Morgan fingerprint density at radius 1 is 0.826 bits per heavy atom. The molecule has 23 heavy (non-hydrogen) atoms. The van der Waals surface area contributed by atoms with Crippen LogP contribution in [0.1, 0.15) is 52.8 Å². The molecule has 0 fully saturated rings. The van der Waals surface area contributed by atoms with Gasteiger partial charge in [0.2, 0.25) is 0 Å². The van der Waals surface area contributed by atoms with E-state index >= 15 is 0 Å². The quantitative estimate of drug-likeness (QED) is 0.477. The second kappa shape index (κ2) is 5.21. The van der Waals surface area contributed by atoms with Gasteiger partial charge in [-0.2, -0.15) is 0 Å². The zero-order valence-electron chi connectivity index (χ0n) is 13.0. The van der Waals surface area contributed by atoms with Crippen molar-refractivity contribution in [3.05, 3.63) is 89.0 Å². The number of hydrogen-bond donors (Lipinski definition) is 0. The summed E-state index contributed by atoms with van der Waals surface area (Å²) in [6.07, 6.45) is 9.84. The second-order valence-corrected chi connectivity index (χ2v) is 7.83. The van der Waals surface area contributed by atoms with Crippen molar-refractivity contribution < 1.29 is 0 Å². The van der Waals surface area contributed by atoms with Crippen molar-refractivity contribution in [1.29, 1.82) is 0 Å². The number of fused-ring (bicyclic) bond motifs is 8. The first kappa shape index (κ1) is 13.8. The van der Waals surface area contributed by atoms with E-state index in [4.69, 9.17) is 0 Å². The Labute approximate surface area is 146 Å². The highest BCUT2D eigenvalue weighted by Crippen LogP contribution is 2.58. The Balaban J connectivity index is 1.79. The van der Waals surface area contributed by atoms with Gasteiger partial charge >= 0.3 is 0 Å². The number of benzene rings is 2. The molecule has 0 saturated heterocycles. The summed E-state index contributed by atoms with van der Waals surface area (Å²) in [5, 5.41) is 0. The SMILES string of the molecule is BrC1=CC2c3ccccc3C3C=CCCC3C2c2ccccc21. The molecule has 0 nitrogen and oxygen atoms in total. The van der Waals surface area contributed by atoms with E-state index < -0.39 is 0 Å². The Hall–Kier alpha value is -1.60. The maximum Gasteiger partial charge on any atom is 0.0217 e. The van der Waals surface area contributed by atoms with Crippen molar-refractivity contribution in [2.45, 2.75) is 30.6 Å². The van der Waals surface area contributed by atoms with Gasteiger partial charge in [-0.3, -0.25) is 0 Å². The molecule has 0 aromatic heterocycles. The van der Waals surface area contributed by atoms with Crippen LogP contribution in [0, 0.1) is 5.92 Å². The summed E-state index contributed by atoms with van der Waals surface area (Å²) in [4.78, 5) is 0. The second-order valence-electron chi connectivity index (χ2n) is 6.98. The average Bonchev–Trinajstić information content (AvgIpc) is 2.62. The molecule has 1 heteroatoms. The first-order chi connectivity index (χ1) is 11.3. The number of allylic oxidation sites excluding steroid dienone is 3. The van der Waals surface area contributed by atoms with Crippen molar-refractivity contribution in [3.63, 3.8) is 0 Å². The van der Waals surface area contributed by atoms with Gasteiger partial charge in [-0.05, 0) is 46.9 Å². The van der Waals surface area contributed by atoms with Crippen LogP contribution in [0.25, 0.3) is 4.48 Å². The molecule has 0 N–H and O–H groups in total. The van der Waals surface area contributed by atoms with Crippen molar-refractivity contribution in [2.24, 2.45) is 5.92 Å². The number of hydrogen-bond acceptors (Lipinski definition) is 0. The van der Waals surface area contributed by atoms with Gasteiger partial charge in [-0.1, -0.05) is 82.7 Å². The molecule has 0 heterocycles. The lowest BCUT2D eigenvalue weighted by atomic mass is 9.57. The van der Waals surface area contributed by atoms with Gasteiger partial charge in [-0.25, -0.2) is 0 Å². The molecule has 2 aromatic rings. The molecule has 5 rings (SSSR count). The summed E-state index contributed by atoms with van der Waals surface area (Å²) in [6, 6.07) is 18.1. The van der Waals surface area contributed by atoms with E-state index in [2.05, 4.69) is 82.7 Å². The van der Waals surface area contributed by atoms with Gasteiger partial charge in [0.1, 0.15) is 0 Å². The smallest absolute Gasteiger partial charge is 0.0217 e. The molecular formula is C22H19Br. The fourth-order valence-electron chi connectivity index (χ4n) is 5.04. The van der Waals surface area contributed by atoms with Gasteiger partial charge in [0.15, 0.2) is 0 Å². The summed E-state index contributed by atoms with van der Waals surface area (Å²) in [5.41, 5.74) is 6.00. The predicted octanol–water partition coefficient (Wildman–Crippen LogP) is 6.37. The van der Waals surface area contributed by atoms with Crippen LogP contribution in [-0.2, 0) is 0 Å². The van der Waals surface area contributed by atoms with Crippen LogP contribution >= 0.6 is 15.9 Å². The molecule has 4 atom stereocenters. The summed E-state index contributed by atoms with van der Waals surface area (Å²) < 4.78 is 1.26. The normalized spacial score (nSPS) is 30.6. The maximum absolute atomic E-state index is 3.84. The van der Waals surface area contributed by atoms with Crippen molar-refractivity contribution in [3.8, 4) is 0 Å². The minimum Gasteiger partial charge on any atom is -0.0879 e. The fourth-order valence-corrected chi connectivity index (χ4v) is 5.68. The molecule has 114 valence electrons. The number of rotatable bonds is 0. The Kier molecular flexibility index (Phi) is 3.12. The minimum atomic E-state index is 0.503. The highest BCUT2D eigenvalue weighted by Gasteiger charge is 2.44. The van der Waals surface area contributed by atoms with Gasteiger partial charge in [0.25, 0.3) is 0 Å². The summed E-state index contributed by atoms with van der Waals surface area (Å²) >= 11 is 3.84. The zero-order valence-corrected chi connectivity index (χ0v) is 14.5. The molecule has 0 saturated carbocycles. The van der Waals surface area contributed by atoms with E-state index in [-0.39, 0.29) is 0 Å². The van der Waals surface area contributed by atoms with Gasteiger partial charge < -0.3 is 0 Å². The Bertz CT molecular complexity index is 829. The fraction of sp³-hybridized carbons (Fsp3) is 0.273. The van der Waals surface area contributed by atoms with Crippen LogP contribution in [0.5, 0.6) is 0 Å². The maximum atomic E-state index is 3.84. The molecule has 3 aliphatic carbocycles. The molecule has 0 bridgehead atoms. The van der Waals surface area contributed by atoms with E-state index in [9.17, 15) is 0 Å². The lowest BCUT2D eigenvalue weighted by Crippen LogP contribution is -2.33. The summed E-state index contributed by atoms with van der Waals surface area (Å²) in [6.45, 7) is 0. The van der Waals surface area contributed by atoms with Gasteiger partial charge in [-0.15, -0.1) is 0 Å². The topological polar surface area (TPSA) is 0 Å². The van der Waals surface area contributed by atoms with Crippen LogP contribution in [-0.4, -0.2) is 0 Å². The first-order valence-corrected chi connectivity index (χ1v) is 9.36. The summed E-state index contributed by atoms with van der Waals surface area (Å²) in [7, 11) is 0. The van der Waals surface area contributed by atoms with E-state index in [1.807, 2.05) is 0 Å². The van der Waals surface area contributed by atoms with Crippen LogP contribution in [0.4, 0.5) is 0 Å². The third-order valence-electron chi connectivity index (χ3n) is 5.94. The molecule has 2 aromatic carbocycles. The van der Waals surface area contributed by atoms with E-state index in [0.717, 1.165) is 5.92 Å². The van der Waals surface area contributed by atoms with Crippen molar-refractivity contribution in [1.82, 2.24) is 0 Å². The largest absolute Gasteiger partial charge is 0.0879 e. The Morgan fingerprint density at radius 3 is 2.35 bits per heavy atom. The standard InChI is InChI=1S/C22H19Br/c23-21-13-20-16-9-2-1-7-14(16)15-8-3-5-11-18(15)22(20)19-12-6-4-10-17(19)21/h1-4,6-10,12-13,15,18,20,22H,5,11H2. The Morgan fingerprint density at radius 2 is 1.52 bits per heavy atom. The van der Waals surface area contributed by atoms with Crippen LogP contribution in [0.3, 0.4) is 0 Å². The van der Waals surface area contributed by atoms with Crippen LogP contribution < -0.4 is 0 Å². The van der Waals surface area contributed by atoms with Gasteiger partial charge in [0, 0.05) is 16.3 Å². The molecule has 0 radical (unpaired) electrons. The van der Waals surface area contributed by atoms with Crippen LogP contribution in [0.15, 0.2) is 66.8 Å². The third kappa shape index (κ3) is 1.96. The highest BCUT2D eigenvalue weighted by atomic mass is 79.9. The first-order valence-electron chi connectivity index (χ1n) is 8.56. The van der Waals surface area contributed by atoms with Gasteiger partial charge in [0.05, 0.1) is 0 Å². The zero-order chi connectivity index (χ0) is 15.4. The predicted molar refractivity (Wildman–Crippen MR) is 99.9 cm³/mol. The van der Waals surface area contributed by atoms with Crippen molar-refractivity contribution in [2.75, 3.05) is 0 Å². The molecular weight excluding hydrogens is 344 g/mol. The van der Waals surface area contributed by atoms with E-state index in [1.165, 1.54) is 34.0 Å². The lowest BCUT2D eigenvalue weighted by molar-refractivity contribution is 0.308. The van der Waals surface area contributed by atoms with E-state index in [0.29, 0.717) is 17.8 Å². The molecule has 0 spiro atoms. The monoisotopic (exact) mass is 362 g/mol. The average molecular weight is 363 g/mol. The molecule has 3 aliphatic rings. The third-order valence-corrected chi connectivity index (χ3v) is 6.63. The molecule has 0 aliphatic heterocycles. The van der Waals surface area contributed by atoms with Crippen molar-refractivity contribution >= 4 is 20.4 Å². The lowest BCUT2D eigenvalue weighted by Gasteiger charge is -2.46. The highest BCUT2D eigenvalue weighted by molar-refractivity contribution is 9.15.